The highest BCUT2D eigenvalue weighted by atomic mass is 16.5. The number of hydrogen-bond acceptors (Lipinski definition) is 3. The molecule has 0 saturated carbocycles. The Morgan fingerprint density at radius 3 is 3.00 bits per heavy atom. The topological polar surface area (TPSA) is 58.6 Å². The van der Waals surface area contributed by atoms with Gasteiger partial charge in [0.25, 0.3) is 0 Å². The molecule has 20 heavy (non-hydrogen) atoms. The number of methoxy groups -OCH3 is 1. The Morgan fingerprint density at radius 2 is 2.30 bits per heavy atom. The van der Waals surface area contributed by atoms with Crippen LogP contribution in [0.2, 0.25) is 0 Å². The van der Waals surface area contributed by atoms with Crippen molar-refractivity contribution in [1.82, 2.24) is 10.2 Å². The second-order valence-electron chi connectivity index (χ2n) is 4.87. The van der Waals surface area contributed by atoms with Crippen LogP contribution in [0, 0.1) is 0 Å². The van der Waals surface area contributed by atoms with Crippen molar-refractivity contribution in [1.29, 1.82) is 0 Å². The highest BCUT2D eigenvalue weighted by Crippen LogP contribution is 2.12. The summed E-state index contributed by atoms with van der Waals surface area (Å²) in [4.78, 5) is 24.7. The normalized spacial score (nSPS) is 14.4. The molecule has 0 radical (unpaired) electrons. The maximum Gasteiger partial charge on any atom is 0.239 e. The van der Waals surface area contributed by atoms with Gasteiger partial charge < -0.3 is 15.0 Å². The minimum absolute atomic E-state index is 0.0768. The van der Waals surface area contributed by atoms with Gasteiger partial charge in [-0.2, -0.15) is 0 Å². The van der Waals surface area contributed by atoms with Gasteiger partial charge in [-0.05, 0) is 30.5 Å². The first-order chi connectivity index (χ1) is 9.69. The first kappa shape index (κ1) is 14.4. The molecule has 1 aromatic carbocycles. The van der Waals surface area contributed by atoms with E-state index in [0.29, 0.717) is 19.5 Å². The van der Waals surface area contributed by atoms with E-state index in [0.717, 1.165) is 24.2 Å². The summed E-state index contributed by atoms with van der Waals surface area (Å²) in [6.45, 7) is 1.44. The van der Waals surface area contributed by atoms with Gasteiger partial charge in [0.1, 0.15) is 5.75 Å². The van der Waals surface area contributed by atoms with Crippen LogP contribution in [0.15, 0.2) is 24.3 Å². The number of benzene rings is 1. The van der Waals surface area contributed by atoms with Crippen molar-refractivity contribution in [2.24, 2.45) is 0 Å². The number of carbonyl (C=O) groups excluding carboxylic acids is 2. The summed E-state index contributed by atoms with van der Waals surface area (Å²) < 4.78 is 5.15. The standard InChI is InChI=1S/C15H20N2O3/c1-20-13-5-2-4-12(10-13)7-8-16-14(18)11-17-9-3-6-15(17)19/h2,4-5,10H,3,6-9,11H2,1H3,(H,16,18). The molecule has 1 heterocycles. The fraction of sp³-hybridized carbons (Fsp3) is 0.467. The second-order valence-corrected chi connectivity index (χ2v) is 4.87. The highest BCUT2D eigenvalue weighted by Gasteiger charge is 2.21. The highest BCUT2D eigenvalue weighted by molar-refractivity contribution is 5.85. The van der Waals surface area contributed by atoms with Crippen LogP contribution in [0.25, 0.3) is 0 Å². The molecule has 0 spiro atoms. The Balaban J connectivity index is 1.72. The number of hydrogen-bond donors (Lipinski definition) is 1. The number of rotatable bonds is 6. The zero-order valence-corrected chi connectivity index (χ0v) is 11.7. The summed E-state index contributed by atoms with van der Waals surface area (Å²) >= 11 is 0. The Hall–Kier alpha value is -2.04. The van der Waals surface area contributed by atoms with Crippen molar-refractivity contribution >= 4 is 11.8 Å². The van der Waals surface area contributed by atoms with Crippen molar-refractivity contribution in [2.45, 2.75) is 19.3 Å². The maximum atomic E-state index is 11.7. The smallest absolute Gasteiger partial charge is 0.239 e. The van der Waals surface area contributed by atoms with E-state index < -0.39 is 0 Å². The third kappa shape index (κ3) is 3.98. The summed E-state index contributed by atoms with van der Waals surface area (Å²) in [7, 11) is 1.63. The summed E-state index contributed by atoms with van der Waals surface area (Å²) in [5.74, 6) is 0.799. The quantitative estimate of drug-likeness (QED) is 0.842. The molecule has 1 saturated heterocycles. The lowest BCUT2D eigenvalue weighted by Crippen LogP contribution is -2.38. The van der Waals surface area contributed by atoms with Gasteiger partial charge in [0.05, 0.1) is 13.7 Å². The maximum absolute atomic E-state index is 11.7. The van der Waals surface area contributed by atoms with E-state index in [1.165, 1.54) is 0 Å². The van der Waals surface area contributed by atoms with Crippen LogP contribution in [0.5, 0.6) is 5.75 Å². The van der Waals surface area contributed by atoms with Gasteiger partial charge in [0.15, 0.2) is 0 Å². The summed E-state index contributed by atoms with van der Waals surface area (Å²) in [6.07, 6.45) is 2.17. The number of nitrogens with zero attached hydrogens (tertiary/aromatic N) is 1. The van der Waals surface area contributed by atoms with Crippen LogP contribution >= 0.6 is 0 Å². The lowest BCUT2D eigenvalue weighted by atomic mass is 10.1. The molecule has 0 aromatic heterocycles. The number of likely N-dealkylation sites (tertiary alicyclic amines) is 1. The van der Waals surface area contributed by atoms with Gasteiger partial charge in [0.2, 0.25) is 11.8 Å². The number of carbonyl (C=O) groups is 2. The zero-order chi connectivity index (χ0) is 14.4. The van der Waals surface area contributed by atoms with Crippen molar-refractivity contribution in [3.63, 3.8) is 0 Å². The van der Waals surface area contributed by atoms with Gasteiger partial charge in [-0.25, -0.2) is 0 Å². The Kier molecular flexibility index (Phi) is 4.98. The van der Waals surface area contributed by atoms with Crippen molar-refractivity contribution in [3.8, 4) is 5.75 Å². The third-order valence-electron chi connectivity index (χ3n) is 3.38. The Labute approximate surface area is 118 Å². The Bertz CT molecular complexity index is 488. The summed E-state index contributed by atoms with van der Waals surface area (Å²) in [5, 5.41) is 2.84. The lowest BCUT2D eigenvalue weighted by Gasteiger charge is -2.14. The summed E-state index contributed by atoms with van der Waals surface area (Å²) in [5.41, 5.74) is 1.11. The van der Waals surface area contributed by atoms with Crippen LogP contribution in [0.1, 0.15) is 18.4 Å². The van der Waals surface area contributed by atoms with Gasteiger partial charge in [-0.3, -0.25) is 9.59 Å². The first-order valence-electron chi connectivity index (χ1n) is 6.86. The average molecular weight is 276 g/mol. The van der Waals surface area contributed by atoms with E-state index in [1.807, 2.05) is 24.3 Å². The van der Waals surface area contributed by atoms with Gasteiger partial charge in [0, 0.05) is 19.5 Å². The minimum atomic E-state index is -0.0943. The van der Waals surface area contributed by atoms with Crippen molar-refractivity contribution in [2.75, 3.05) is 26.7 Å². The van der Waals surface area contributed by atoms with Gasteiger partial charge in [-0.1, -0.05) is 12.1 Å². The molecule has 0 bridgehead atoms. The van der Waals surface area contributed by atoms with Gasteiger partial charge >= 0.3 is 0 Å². The van der Waals surface area contributed by atoms with E-state index in [-0.39, 0.29) is 18.4 Å². The van der Waals surface area contributed by atoms with E-state index in [4.69, 9.17) is 4.74 Å². The van der Waals surface area contributed by atoms with Crippen LogP contribution in [0.4, 0.5) is 0 Å². The van der Waals surface area contributed by atoms with Crippen LogP contribution in [-0.4, -0.2) is 43.5 Å². The lowest BCUT2D eigenvalue weighted by molar-refractivity contribution is -0.133. The molecule has 0 unspecified atom stereocenters. The number of amides is 2. The van der Waals surface area contributed by atoms with E-state index in [1.54, 1.807) is 12.0 Å². The van der Waals surface area contributed by atoms with E-state index in [9.17, 15) is 9.59 Å². The van der Waals surface area contributed by atoms with E-state index >= 15 is 0 Å². The second kappa shape index (κ2) is 6.93. The third-order valence-corrected chi connectivity index (χ3v) is 3.38. The van der Waals surface area contributed by atoms with Crippen LogP contribution < -0.4 is 10.1 Å². The fourth-order valence-corrected chi connectivity index (χ4v) is 2.27. The predicted octanol–water partition coefficient (Wildman–Crippen LogP) is 0.976. The van der Waals surface area contributed by atoms with E-state index in [2.05, 4.69) is 5.32 Å². The predicted molar refractivity (Wildman–Crippen MR) is 75.5 cm³/mol. The molecule has 5 heteroatoms. The fourth-order valence-electron chi connectivity index (χ4n) is 2.27. The average Bonchev–Trinajstić information content (AvgIpc) is 2.84. The van der Waals surface area contributed by atoms with Crippen LogP contribution in [0.3, 0.4) is 0 Å². The molecular formula is C15H20N2O3. The molecular weight excluding hydrogens is 256 g/mol. The SMILES string of the molecule is COc1cccc(CCNC(=O)CN2CCCC2=O)c1. The molecule has 1 aliphatic heterocycles. The molecule has 5 nitrogen and oxygen atoms in total. The van der Waals surface area contributed by atoms with Gasteiger partial charge in [-0.15, -0.1) is 0 Å². The molecule has 2 rings (SSSR count). The molecule has 108 valence electrons. The largest absolute Gasteiger partial charge is 0.497 e. The van der Waals surface area contributed by atoms with Crippen molar-refractivity contribution < 1.29 is 14.3 Å². The molecule has 1 aliphatic rings. The van der Waals surface area contributed by atoms with Crippen molar-refractivity contribution in [3.05, 3.63) is 29.8 Å². The first-order valence-corrected chi connectivity index (χ1v) is 6.86. The Morgan fingerprint density at radius 1 is 1.45 bits per heavy atom. The monoisotopic (exact) mass is 276 g/mol. The molecule has 0 aliphatic carbocycles. The number of nitrogens with one attached hydrogen (secondary N) is 1. The van der Waals surface area contributed by atoms with Crippen LogP contribution in [-0.2, 0) is 16.0 Å². The minimum Gasteiger partial charge on any atom is -0.497 e. The molecule has 1 aromatic rings. The molecule has 1 fully saturated rings. The number of ether oxygens (including phenoxy) is 1. The molecule has 1 N–H and O–H groups in total. The molecule has 2 amide bonds. The summed E-state index contributed by atoms with van der Waals surface area (Å²) in [6, 6.07) is 7.77. The molecule has 0 atom stereocenters. The zero-order valence-electron chi connectivity index (χ0n) is 11.7.